The topological polar surface area (TPSA) is 100 Å². The second-order valence-electron chi connectivity index (χ2n) is 15.7. The van der Waals surface area contributed by atoms with E-state index in [1.807, 2.05) is 12.1 Å². The Bertz CT molecular complexity index is 2120. The summed E-state index contributed by atoms with van der Waals surface area (Å²) < 4.78 is 19.6. The predicted molar refractivity (Wildman–Crippen MR) is 224 cm³/mol. The summed E-state index contributed by atoms with van der Waals surface area (Å²) >= 11 is 6.97. The van der Waals surface area contributed by atoms with Crippen LogP contribution in [0.25, 0.3) is 16.0 Å². The van der Waals surface area contributed by atoms with E-state index in [1.54, 1.807) is 18.2 Å². The van der Waals surface area contributed by atoms with Crippen LogP contribution >= 0.6 is 11.6 Å². The van der Waals surface area contributed by atoms with Crippen molar-refractivity contribution in [2.45, 2.75) is 110 Å². The maximum atomic E-state index is 11.7. The third-order valence-electron chi connectivity index (χ3n) is 11.8. The summed E-state index contributed by atoms with van der Waals surface area (Å²) in [5, 5.41) is 16.5. The Kier molecular flexibility index (Phi) is 13.0. The number of carbonyl (C=O) groups excluding carboxylic acids is 1. The fourth-order valence-corrected chi connectivity index (χ4v) is 8.93. The zero-order valence-electron chi connectivity index (χ0n) is 33.2. The van der Waals surface area contributed by atoms with Crippen molar-refractivity contribution in [2.24, 2.45) is 0 Å². The molecule has 4 atom stereocenters. The molecule has 0 bridgehead atoms. The minimum absolute atomic E-state index is 0.0663. The minimum atomic E-state index is -0.201. The quantitative estimate of drug-likeness (QED) is 0.0970. The number of amides is 1. The molecule has 2 N–H and O–H groups in total. The molecule has 296 valence electrons. The summed E-state index contributed by atoms with van der Waals surface area (Å²) in [5.41, 5.74) is 8.29. The SMILES string of the molecule is [C-]#[N+]c1cc(C#N)cc(COc2cc(O[C@H]3CCc4c(-c5cccc(OCCCN6[C@H](C)CCC[C@@H]6C)c5C)cccc43)c(Cl)cc2CN[C@H]2CCC(=O)NC2)c1. The van der Waals surface area contributed by atoms with Crippen molar-refractivity contribution in [1.29, 1.82) is 5.26 Å². The molecule has 0 radical (unpaired) electrons. The smallest absolute Gasteiger partial charge is 0.220 e. The van der Waals surface area contributed by atoms with E-state index < -0.39 is 0 Å². The first kappa shape index (κ1) is 40.1. The first-order chi connectivity index (χ1) is 27.7. The van der Waals surface area contributed by atoms with Crippen LogP contribution < -0.4 is 24.8 Å². The Morgan fingerprint density at radius 1 is 0.965 bits per heavy atom. The Morgan fingerprint density at radius 3 is 2.54 bits per heavy atom. The maximum absolute atomic E-state index is 11.7. The molecular formula is C47H52ClN5O4. The summed E-state index contributed by atoms with van der Waals surface area (Å²) in [6.07, 6.45) is 7.58. The van der Waals surface area contributed by atoms with E-state index in [9.17, 15) is 10.1 Å². The molecule has 0 spiro atoms. The van der Waals surface area contributed by atoms with Gasteiger partial charge in [-0.2, -0.15) is 5.26 Å². The molecule has 1 aliphatic carbocycles. The van der Waals surface area contributed by atoms with Gasteiger partial charge < -0.3 is 24.8 Å². The van der Waals surface area contributed by atoms with Gasteiger partial charge in [0.25, 0.3) is 0 Å². The highest BCUT2D eigenvalue weighted by atomic mass is 35.5. The van der Waals surface area contributed by atoms with Gasteiger partial charge in [0.2, 0.25) is 5.91 Å². The van der Waals surface area contributed by atoms with Crippen LogP contribution in [0, 0.1) is 24.8 Å². The predicted octanol–water partition coefficient (Wildman–Crippen LogP) is 9.78. The lowest BCUT2D eigenvalue weighted by molar-refractivity contribution is -0.122. The zero-order valence-corrected chi connectivity index (χ0v) is 34.0. The van der Waals surface area contributed by atoms with Crippen molar-refractivity contribution in [3.05, 3.63) is 117 Å². The number of piperidine rings is 2. The number of rotatable bonds is 14. The third-order valence-corrected chi connectivity index (χ3v) is 12.1. The van der Waals surface area contributed by atoms with Crippen molar-refractivity contribution in [3.8, 4) is 34.4 Å². The fourth-order valence-electron chi connectivity index (χ4n) is 8.70. The van der Waals surface area contributed by atoms with E-state index in [1.165, 1.54) is 36.0 Å². The van der Waals surface area contributed by atoms with Crippen molar-refractivity contribution in [3.63, 3.8) is 0 Å². The van der Waals surface area contributed by atoms with E-state index in [0.29, 0.717) is 66.0 Å². The van der Waals surface area contributed by atoms with Gasteiger partial charge in [0.1, 0.15) is 30.0 Å². The molecule has 2 aliphatic heterocycles. The van der Waals surface area contributed by atoms with Gasteiger partial charge in [-0.3, -0.25) is 9.69 Å². The molecule has 4 aromatic carbocycles. The maximum Gasteiger partial charge on any atom is 0.220 e. The molecule has 57 heavy (non-hydrogen) atoms. The number of nitriles is 1. The molecule has 0 saturated carbocycles. The van der Waals surface area contributed by atoms with Crippen molar-refractivity contribution in [1.82, 2.24) is 15.5 Å². The molecule has 7 rings (SSSR count). The minimum Gasteiger partial charge on any atom is -0.493 e. The van der Waals surface area contributed by atoms with Gasteiger partial charge in [0.05, 0.1) is 24.3 Å². The summed E-state index contributed by atoms with van der Waals surface area (Å²) in [5.74, 6) is 2.11. The standard InChI is InChI=1S/C47H52ClN5O4/c1-30-9-5-10-31(2)53(30)19-8-20-55-43-14-7-11-38(32(43)3)39-12-6-13-41-40(39)16-17-44(41)57-46-25-45(56-29-34-21-33(26-49)22-37(23-34)50-4)35(24-42(46)48)27-51-36-15-18-47(54)52-28-36/h6-7,11-14,21-25,30-31,36,44,51H,5,8-10,15-20,27-29H2,1-3H3,(H,52,54)/t30-,31+,36-,44-/m0/s1. The highest BCUT2D eigenvalue weighted by molar-refractivity contribution is 6.32. The molecule has 2 fully saturated rings. The van der Waals surface area contributed by atoms with Gasteiger partial charge in [0, 0.05) is 61.4 Å². The number of carbonyl (C=O) groups is 1. The lowest BCUT2D eigenvalue weighted by Gasteiger charge is -2.39. The van der Waals surface area contributed by atoms with Crippen LogP contribution in [0.4, 0.5) is 5.69 Å². The van der Waals surface area contributed by atoms with E-state index in [4.69, 9.17) is 32.4 Å². The molecule has 1 amide bonds. The Hall–Kier alpha value is -5.06. The third kappa shape index (κ3) is 9.57. The van der Waals surface area contributed by atoms with Gasteiger partial charge in [-0.1, -0.05) is 48.4 Å². The molecule has 9 nitrogen and oxygen atoms in total. The lowest BCUT2D eigenvalue weighted by atomic mass is 9.93. The Morgan fingerprint density at radius 2 is 1.77 bits per heavy atom. The first-order valence-corrected chi connectivity index (χ1v) is 20.7. The number of benzene rings is 4. The highest BCUT2D eigenvalue weighted by Crippen LogP contribution is 2.44. The van der Waals surface area contributed by atoms with E-state index in [0.717, 1.165) is 60.2 Å². The number of nitrogens with zero attached hydrogens (tertiary/aromatic N) is 3. The van der Waals surface area contributed by atoms with Crippen LogP contribution in [0.15, 0.2) is 66.7 Å². The molecule has 0 unspecified atom stereocenters. The molecule has 3 aliphatic rings. The van der Waals surface area contributed by atoms with Crippen LogP contribution in [0.1, 0.15) is 98.3 Å². The molecule has 10 heteroatoms. The summed E-state index contributed by atoms with van der Waals surface area (Å²) in [4.78, 5) is 17.9. The summed E-state index contributed by atoms with van der Waals surface area (Å²) in [6, 6.07) is 25.1. The largest absolute Gasteiger partial charge is 0.493 e. The fraction of sp³-hybridized carbons (Fsp3) is 0.426. The van der Waals surface area contributed by atoms with Gasteiger partial charge in [-0.15, -0.1) is 0 Å². The van der Waals surface area contributed by atoms with Gasteiger partial charge in [0.15, 0.2) is 5.69 Å². The second-order valence-corrected chi connectivity index (χ2v) is 16.1. The number of hydrogen-bond acceptors (Lipinski definition) is 7. The van der Waals surface area contributed by atoms with Crippen LogP contribution in [-0.4, -0.2) is 48.6 Å². The number of hydrogen-bond donors (Lipinski definition) is 2. The number of halogens is 1. The van der Waals surface area contributed by atoms with Crippen LogP contribution in [-0.2, 0) is 24.4 Å². The summed E-state index contributed by atoms with van der Waals surface area (Å²) in [6.45, 7) is 17.3. The second kappa shape index (κ2) is 18.5. The van der Waals surface area contributed by atoms with Crippen molar-refractivity contribution >= 4 is 23.2 Å². The van der Waals surface area contributed by atoms with Gasteiger partial charge in [-0.05, 0) is 123 Å². The average molecular weight is 786 g/mol. The monoisotopic (exact) mass is 785 g/mol. The summed E-state index contributed by atoms with van der Waals surface area (Å²) in [7, 11) is 0. The molecule has 0 aromatic heterocycles. The molecular weight excluding hydrogens is 734 g/mol. The first-order valence-electron chi connectivity index (χ1n) is 20.3. The van der Waals surface area contributed by atoms with Crippen LogP contribution in [0.5, 0.6) is 17.2 Å². The van der Waals surface area contributed by atoms with E-state index >= 15 is 0 Å². The normalized spacial score (nSPS) is 20.6. The average Bonchev–Trinajstić information content (AvgIpc) is 3.63. The number of nitrogens with one attached hydrogen (secondary N) is 2. The highest BCUT2D eigenvalue weighted by Gasteiger charge is 2.29. The Labute approximate surface area is 342 Å². The van der Waals surface area contributed by atoms with Gasteiger partial charge in [-0.25, -0.2) is 4.85 Å². The van der Waals surface area contributed by atoms with Crippen LogP contribution in [0.2, 0.25) is 5.02 Å². The van der Waals surface area contributed by atoms with Crippen LogP contribution in [0.3, 0.4) is 0 Å². The number of fused-ring (bicyclic) bond motifs is 1. The van der Waals surface area contributed by atoms with E-state index in [2.05, 4.69) is 83.6 Å². The van der Waals surface area contributed by atoms with Crippen molar-refractivity contribution < 1.29 is 19.0 Å². The Balaban J connectivity index is 1.08. The number of likely N-dealkylation sites (tertiary alicyclic amines) is 1. The molecule has 2 heterocycles. The zero-order chi connectivity index (χ0) is 39.9. The lowest BCUT2D eigenvalue weighted by Crippen LogP contribution is -2.45. The van der Waals surface area contributed by atoms with E-state index in [-0.39, 0.29) is 24.7 Å². The van der Waals surface area contributed by atoms with Gasteiger partial charge >= 0.3 is 0 Å². The molecule has 4 aromatic rings. The molecule has 2 saturated heterocycles. The van der Waals surface area contributed by atoms with Crippen molar-refractivity contribution in [2.75, 3.05) is 19.7 Å². The number of ether oxygens (including phenoxy) is 3.